The van der Waals surface area contributed by atoms with Crippen molar-refractivity contribution in [2.24, 2.45) is 5.92 Å². The molecule has 0 bridgehead atoms. The number of nitrogens with one attached hydrogen (secondary N) is 1. The monoisotopic (exact) mass is 345 g/mol. The lowest BCUT2D eigenvalue weighted by molar-refractivity contribution is -0.145. The van der Waals surface area contributed by atoms with Gasteiger partial charge in [-0.1, -0.05) is 26.0 Å². The molecule has 0 fully saturated rings. The first-order valence-corrected chi connectivity index (χ1v) is 8.93. The molecule has 1 amide bonds. The van der Waals surface area contributed by atoms with Gasteiger partial charge in [0.05, 0.1) is 7.11 Å². The van der Waals surface area contributed by atoms with E-state index in [1.54, 1.807) is 0 Å². The van der Waals surface area contributed by atoms with Crippen LogP contribution in [0.25, 0.3) is 0 Å². The van der Waals surface area contributed by atoms with Gasteiger partial charge < -0.3 is 10.1 Å². The average molecular weight is 345 g/mol. The summed E-state index contributed by atoms with van der Waals surface area (Å²) in [6.07, 6.45) is 3.96. The molecule has 25 heavy (non-hydrogen) atoms. The van der Waals surface area contributed by atoms with E-state index in [4.69, 9.17) is 4.74 Å². The summed E-state index contributed by atoms with van der Waals surface area (Å²) in [6, 6.07) is 5.16. The molecule has 0 saturated carbocycles. The third-order valence-corrected chi connectivity index (χ3v) is 4.53. The van der Waals surface area contributed by atoms with Crippen LogP contribution in [0.2, 0.25) is 0 Å². The smallest absolute Gasteiger partial charge is 0.328 e. The second kappa shape index (κ2) is 8.79. The minimum Gasteiger partial charge on any atom is -0.467 e. The number of Topliss-reactive ketones (excluding diaryl/α,β-unsaturated/α-hetero) is 1. The Hall–Kier alpha value is -2.17. The predicted octanol–water partition coefficient (Wildman–Crippen LogP) is 2.84. The molecular weight excluding hydrogens is 318 g/mol. The van der Waals surface area contributed by atoms with Crippen molar-refractivity contribution in [1.82, 2.24) is 5.32 Å². The second-order valence-corrected chi connectivity index (χ2v) is 7.03. The summed E-state index contributed by atoms with van der Waals surface area (Å²) in [5.74, 6) is -0.543. The molecule has 1 aliphatic carbocycles. The number of carbonyl (C=O) groups excluding carboxylic acids is 3. The highest BCUT2D eigenvalue weighted by molar-refractivity contribution is 5.98. The number of rotatable bonds is 8. The standard InChI is InChI=1S/C20H27NO4/c1-13(2)11-17(20(24)25-3)21-19(23)10-9-18(22)16-8-7-14-5-4-6-15(14)12-16/h7-8,12-13,17H,4-6,9-11H2,1-3H3,(H,21,23). The predicted molar refractivity (Wildman–Crippen MR) is 95.4 cm³/mol. The molecule has 1 aromatic carbocycles. The molecule has 1 aromatic rings. The zero-order valence-corrected chi connectivity index (χ0v) is 15.3. The Labute approximate surface area is 149 Å². The number of hydrogen-bond donors (Lipinski definition) is 1. The Morgan fingerprint density at radius 3 is 2.52 bits per heavy atom. The molecule has 1 atom stereocenters. The van der Waals surface area contributed by atoms with Gasteiger partial charge in [-0.15, -0.1) is 0 Å². The fraction of sp³-hybridized carbons (Fsp3) is 0.550. The van der Waals surface area contributed by atoms with E-state index in [0.29, 0.717) is 12.0 Å². The molecule has 2 rings (SSSR count). The van der Waals surface area contributed by atoms with Crippen LogP contribution < -0.4 is 5.32 Å². The molecular formula is C20H27NO4. The maximum absolute atomic E-state index is 12.3. The summed E-state index contributed by atoms with van der Waals surface area (Å²) in [5.41, 5.74) is 3.24. The number of aryl methyl sites for hydroxylation is 2. The van der Waals surface area contributed by atoms with Crippen molar-refractivity contribution in [3.05, 3.63) is 34.9 Å². The molecule has 0 aliphatic heterocycles. The van der Waals surface area contributed by atoms with E-state index in [-0.39, 0.29) is 30.4 Å². The maximum Gasteiger partial charge on any atom is 0.328 e. The van der Waals surface area contributed by atoms with Gasteiger partial charge in [0.2, 0.25) is 5.91 Å². The van der Waals surface area contributed by atoms with Crippen molar-refractivity contribution in [1.29, 1.82) is 0 Å². The lowest BCUT2D eigenvalue weighted by atomic mass is 10.0. The molecule has 1 unspecified atom stereocenters. The Balaban J connectivity index is 1.87. The third kappa shape index (κ3) is 5.41. The van der Waals surface area contributed by atoms with Crippen molar-refractivity contribution in [2.45, 2.75) is 58.4 Å². The molecule has 136 valence electrons. The van der Waals surface area contributed by atoms with E-state index >= 15 is 0 Å². The first kappa shape index (κ1) is 19.2. The molecule has 1 aliphatic rings. The minimum atomic E-state index is -0.660. The van der Waals surface area contributed by atoms with Crippen molar-refractivity contribution in [3.8, 4) is 0 Å². The highest BCUT2D eigenvalue weighted by Gasteiger charge is 2.23. The summed E-state index contributed by atoms with van der Waals surface area (Å²) in [4.78, 5) is 36.2. The minimum absolute atomic E-state index is 0.0386. The lowest BCUT2D eigenvalue weighted by Gasteiger charge is -2.18. The van der Waals surface area contributed by atoms with Gasteiger partial charge in [-0.25, -0.2) is 4.79 Å². The molecule has 0 saturated heterocycles. The summed E-state index contributed by atoms with van der Waals surface area (Å²) >= 11 is 0. The van der Waals surface area contributed by atoms with Gasteiger partial charge in [-0.3, -0.25) is 9.59 Å². The van der Waals surface area contributed by atoms with Crippen LogP contribution >= 0.6 is 0 Å². The van der Waals surface area contributed by atoms with E-state index in [0.717, 1.165) is 19.3 Å². The highest BCUT2D eigenvalue weighted by atomic mass is 16.5. The molecule has 0 spiro atoms. The van der Waals surface area contributed by atoms with Gasteiger partial charge >= 0.3 is 5.97 Å². The van der Waals surface area contributed by atoms with Crippen molar-refractivity contribution < 1.29 is 19.1 Å². The number of fused-ring (bicyclic) bond motifs is 1. The second-order valence-electron chi connectivity index (χ2n) is 7.03. The maximum atomic E-state index is 12.3. The van der Waals surface area contributed by atoms with Crippen LogP contribution in [0.5, 0.6) is 0 Å². The SMILES string of the molecule is COC(=O)C(CC(C)C)NC(=O)CCC(=O)c1ccc2c(c1)CCC2. The first-order chi connectivity index (χ1) is 11.9. The van der Waals surface area contributed by atoms with Crippen molar-refractivity contribution in [3.63, 3.8) is 0 Å². The molecule has 0 aromatic heterocycles. The Morgan fingerprint density at radius 1 is 1.12 bits per heavy atom. The molecule has 1 N–H and O–H groups in total. The number of esters is 1. The summed E-state index contributed by atoms with van der Waals surface area (Å²) in [5, 5.41) is 2.68. The average Bonchev–Trinajstić information content (AvgIpc) is 3.05. The van der Waals surface area contributed by atoms with Crippen molar-refractivity contribution in [2.75, 3.05) is 7.11 Å². The van der Waals surface area contributed by atoms with Crippen LogP contribution in [0.4, 0.5) is 0 Å². The van der Waals surface area contributed by atoms with Crippen LogP contribution in [0.3, 0.4) is 0 Å². The number of ketones is 1. The molecule has 0 heterocycles. The van der Waals surface area contributed by atoms with Gasteiger partial charge in [0.1, 0.15) is 6.04 Å². The molecule has 5 heteroatoms. The highest BCUT2D eigenvalue weighted by Crippen LogP contribution is 2.23. The number of benzene rings is 1. The van der Waals surface area contributed by atoms with Crippen LogP contribution in [0.1, 0.15) is 61.0 Å². The van der Waals surface area contributed by atoms with E-state index in [1.165, 1.54) is 18.2 Å². The van der Waals surface area contributed by atoms with Crippen LogP contribution in [0.15, 0.2) is 18.2 Å². The normalized spacial score (nSPS) is 14.1. The van der Waals surface area contributed by atoms with Gasteiger partial charge in [0, 0.05) is 18.4 Å². The Morgan fingerprint density at radius 2 is 1.84 bits per heavy atom. The number of ether oxygens (including phenoxy) is 1. The van der Waals surface area contributed by atoms with Gasteiger partial charge in [0.15, 0.2) is 5.78 Å². The fourth-order valence-corrected chi connectivity index (χ4v) is 3.21. The number of carbonyl (C=O) groups is 3. The zero-order chi connectivity index (χ0) is 18.4. The van der Waals surface area contributed by atoms with E-state index < -0.39 is 12.0 Å². The fourth-order valence-electron chi connectivity index (χ4n) is 3.21. The van der Waals surface area contributed by atoms with Crippen LogP contribution in [-0.4, -0.2) is 30.8 Å². The van der Waals surface area contributed by atoms with E-state index in [1.807, 2.05) is 32.0 Å². The summed E-state index contributed by atoms with van der Waals surface area (Å²) in [7, 11) is 1.30. The van der Waals surface area contributed by atoms with E-state index in [9.17, 15) is 14.4 Å². The van der Waals surface area contributed by atoms with Gasteiger partial charge in [-0.2, -0.15) is 0 Å². The van der Waals surface area contributed by atoms with Gasteiger partial charge in [-0.05, 0) is 48.8 Å². The number of methoxy groups -OCH3 is 1. The summed E-state index contributed by atoms with van der Waals surface area (Å²) < 4.78 is 4.73. The van der Waals surface area contributed by atoms with Crippen molar-refractivity contribution >= 4 is 17.7 Å². The zero-order valence-electron chi connectivity index (χ0n) is 15.3. The quantitative estimate of drug-likeness (QED) is 0.581. The molecule has 0 radical (unpaired) electrons. The topological polar surface area (TPSA) is 72.5 Å². The Kier molecular flexibility index (Phi) is 6.73. The number of amides is 1. The van der Waals surface area contributed by atoms with Gasteiger partial charge in [0.25, 0.3) is 0 Å². The van der Waals surface area contributed by atoms with Crippen LogP contribution in [-0.2, 0) is 27.2 Å². The number of hydrogen-bond acceptors (Lipinski definition) is 4. The largest absolute Gasteiger partial charge is 0.467 e. The summed E-state index contributed by atoms with van der Waals surface area (Å²) in [6.45, 7) is 3.94. The van der Waals surface area contributed by atoms with Crippen LogP contribution in [0, 0.1) is 5.92 Å². The third-order valence-electron chi connectivity index (χ3n) is 4.53. The van der Waals surface area contributed by atoms with E-state index in [2.05, 4.69) is 5.32 Å². The molecule has 5 nitrogen and oxygen atoms in total. The first-order valence-electron chi connectivity index (χ1n) is 8.93. The lowest BCUT2D eigenvalue weighted by Crippen LogP contribution is -2.42. The Bertz CT molecular complexity index is 651.